The third-order valence-corrected chi connectivity index (χ3v) is 7.22. The quantitative estimate of drug-likeness (QED) is 0.194. The molecule has 0 saturated carbocycles. The number of aromatic nitrogens is 5. The standard InChI is InChI=1S/C27H25BBrN7O4/c1-14-4-7-22(29)32-25(14)33-26(39)21-9-18(28)12-35(21)23(38)13-36-20-6-5-16(8-19(20)24(34-36)15(2)37)17-10-30-27(40-3)31-11-17/h4-8,10-11,18,21H,9,12-13H2,1-3H3,(H,32,33,39)/t18-,21?/m1/s1. The number of hydrogen-bond donors (Lipinski definition) is 1. The largest absolute Gasteiger partial charge is 0.467 e. The lowest BCUT2D eigenvalue weighted by Crippen LogP contribution is -2.44. The number of hydrogen-bond acceptors (Lipinski definition) is 8. The molecule has 0 aliphatic carbocycles. The van der Waals surface area contributed by atoms with Crippen LogP contribution in [-0.2, 0) is 16.1 Å². The second-order valence-corrected chi connectivity index (χ2v) is 10.4. The average molecular weight is 602 g/mol. The van der Waals surface area contributed by atoms with Gasteiger partial charge in [-0.3, -0.25) is 19.1 Å². The number of benzene rings is 1. The second-order valence-electron chi connectivity index (χ2n) is 9.60. The molecule has 1 aliphatic rings. The molecule has 1 saturated heterocycles. The molecule has 1 unspecified atom stereocenters. The van der Waals surface area contributed by atoms with Crippen LogP contribution in [0.15, 0.2) is 47.3 Å². The Morgan fingerprint density at radius 3 is 2.60 bits per heavy atom. The van der Waals surface area contributed by atoms with Crippen molar-refractivity contribution in [2.75, 3.05) is 19.0 Å². The molecule has 4 aromatic rings. The lowest BCUT2D eigenvalue weighted by atomic mass is 9.85. The second kappa shape index (κ2) is 11.2. The van der Waals surface area contributed by atoms with Crippen molar-refractivity contribution in [2.24, 2.45) is 0 Å². The molecule has 5 rings (SSSR count). The summed E-state index contributed by atoms with van der Waals surface area (Å²) < 4.78 is 7.09. The fourth-order valence-corrected chi connectivity index (χ4v) is 5.06. The summed E-state index contributed by atoms with van der Waals surface area (Å²) in [6.45, 7) is 3.32. The highest BCUT2D eigenvalue weighted by molar-refractivity contribution is 9.10. The summed E-state index contributed by atoms with van der Waals surface area (Å²) in [5, 5.41) is 7.88. The lowest BCUT2D eigenvalue weighted by molar-refractivity contribution is -0.137. The van der Waals surface area contributed by atoms with Gasteiger partial charge in [-0.2, -0.15) is 5.10 Å². The Morgan fingerprint density at radius 1 is 1.15 bits per heavy atom. The molecular weight excluding hydrogens is 577 g/mol. The lowest BCUT2D eigenvalue weighted by Gasteiger charge is -2.24. The molecule has 40 heavy (non-hydrogen) atoms. The number of halogens is 1. The minimum atomic E-state index is -0.765. The minimum absolute atomic E-state index is 0.167. The van der Waals surface area contributed by atoms with Crippen molar-refractivity contribution < 1.29 is 19.1 Å². The number of methoxy groups -OCH3 is 1. The van der Waals surface area contributed by atoms with Crippen LogP contribution >= 0.6 is 15.9 Å². The molecule has 1 N–H and O–H groups in total. The maximum Gasteiger partial charge on any atom is 0.316 e. The van der Waals surface area contributed by atoms with Crippen molar-refractivity contribution >= 4 is 58.1 Å². The summed E-state index contributed by atoms with van der Waals surface area (Å²) in [6.07, 6.45) is 3.57. The zero-order valence-electron chi connectivity index (χ0n) is 22.1. The molecule has 2 atom stereocenters. The van der Waals surface area contributed by atoms with Crippen LogP contribution in [0.1, 0.15) is 29.4 Å². The molecule has 1 aliphatic heterocycles. The van der Waals surface area contributed by atoms with Gasteiger partial charge in [0.05, 0.1) is 20.5 Å². The average Bonchev–Trinajstić information content (AvgIpc) is 3.51. The third kappa shape index (κ3) is 5.46. The SMILES string of the molecule is [B][C@@H]1CC(C(=O)Nc2nc(Br)ccc2C)N(C(=O)Cn2nc(C(C)=O)c3cc(-c4cnc(OC)nc4)ccc32)C1. The van der Waals surface area contributed by atoms with Crippen LogP contribution in [0.2, 0.25) is 5.82 Å². The monoisotopic (exact) mass is 601 g/mol. The van der Waals surface area contributed by atoms with Gasteiger partial charge in [-0.25, -0.2) is 15.0 Å². The van der Waals surface area contributed by atoms with Gasteiger partial charge < -0.3 is 15.0 Å². The van der Waals surface area contributed by atoms with Crippen molar-refractivity contribution in [2.45, 2.75) is 38.7 Å². The third-order valence-electron chi connectivity index (χ3n) is 6.77. The van der Waals surface area contributed by atoms with E-state index in [4.69, 9.17) is 12.6 Å². The molecular formula is C27H25BBrN7O4. The summed E-state index contributed by atoms with van der Waals surface area (Å²) >= 11 is 3.31. The molecule has 3 aromatic heterocycles. The number of carbonyl (C=O) groups is 3. The summed E-state index contributed by atoms with van der Waals surface area (Å²) in [5.74, 6) is -0.880. The van der Waals surface area contributed by atoms with Gasteiger partial charge in [0.15, 0.2) is 5.78 Å². The molecule has 1 aromatic carbocycles. The van der Waals surface area contributed by atoms with Gasteiger partial charge in [0.1, 0.15) is 28.7 Å². The number of Topliss-reactive ketones (excluding diaryl/α,β-unsaturated/α-hetero) is 1. The van der Waals surface area contributed by atoms with Crippen molar-refractivity contribution in [1.82, 2.24) is 29.6 Å². The van der Waals surface area contributed by atoms with Crippen molar-refractivity contribution in [3.8, 4) is 17.1 Å². The molecule has 2 amide bonds. The fourth-order valence-electron chi connectivity index (χ4n) is 4.75. The number of nitrogens with one attached hydrogen (secondary N) is 1. The van der Waals surface area contributed by atoms with Crippen LogP contribution in [0.25, 0.3) is 22.0 Å². The van der Waals surface area contributed by atoms with Crippen molar-refractivity contribution in [1.29, 1.82) is 0 Å². The zero-order chi connectivity index (χ0) is 28.6. The summed E-state index contributed by atoms with van der Waals surface area (Å²) in [6, 6.07) is 8.55. The van der Waals surface area contributed by atoms with E-state index in [1.54, 1.807) is 24.5 Å². The van der Waals surface area contributed by atoms with Gasteiger partial charge in [0, 0.05) is 36.8 Å². The van der Waals surface area contributed by atoms with Crippen LogP contribution < -0.4 is 10.1 Å². The van der Waals surface area contributed by atoms with E-state index in [1.165, 1.54) is 23.6 Å². The Kier molecular flexibility index (Phi) is 7.66. The van der Waals surface area contributed by atoms with E-state index in [1.807, 2.05) is 25.1 Å². The van der Waals surface area contributed by atoms with Crippen LogP contribution in [-0.4, -0.2) is 74.8 Å². The van der Waals surface area contributed by atoms with Gasteiger partial charge in [-0.05, 0) is 58.6 Å². The van der Waals surface area contributed by atoms with Crippen LogP contribution in [0.5, 0.6) is 6.01 Å². The summed E-state index contributed by atoms with van der Waals surface area (Å²) in [5.41, 5.74) is 3.15. The topological polar surface area (TPSA) is 132 Å². The van der Waals surface area contributed by atoms with E-state index in [-0.39, 0.29) is 48.2 Å². The minimum Gasteiger partial charge on any atom is -0.467 e. The Morgan fingerprint density at radius 2 is 1.90 bits per heavy atom. The number of ketones is 1. The van der Waals surface area contributed by atoms with E-state index >= 15 is 0 Å². The summed E-state index contributed by atoms with van der Waals surface area (Å²) in [7, 11) is 7.66. The van der Waals surface area contributed by atoms with Crippen LogP contribution in [0.3, 0.4) is 0 Å². The number of pyridine rings is 1. The van der Waals surface area contributed by atoms with Gasteiger partial charge in [0.25, 0.3) is 0 Å². The number of rotatable bonds is 7. The number of aryl methyl sites for hydroxylation is 1. The number of fused-ring (bicyclic) bond motifs is 1. The van der Waals surface area contributed by atoms with Crippen molar-refractivity contribution in [3.63, 3.8) is 0 Å². The Hall–Kier alpha value is -4.13. The van der Waals surface area contributed by atoms with E-state index in [2.05, 4.69) is 41.3 Å². The van der Waals surface area contributed by atoms with Gasteiger partial charge in [-0.15, -0.1) is 0 Å². The van der Waals surface area contributed by atoms with E-state index in [0.29, 0.717) is 27.7 Å². The maximum absolute atomic E-state index is 13.5. The van der Waals surface area contributed by atoms with Crippen LogP contribution in [0, 0.1) is 6.92 Å². The number of carbonyl (C=O) groups excluding carboxylic acids is 3. The Labute approximate surface area is 239 Å². The van der Waals surface area contributed by atoms with Gasteiger partial charge >= 0.3 is 6.01 Å². The van der Waals surface area contributed by atoms with E-state index in [0.717, 1.165) is 16.7 Å². The predicted molar refractivity (Wildman–Crippen MR) is 152 cm³/mol. The first-order chi connectivity index (χ1) is 19.1. The normalized spacial score (nSPS) is 16.8. The molecule has 13 heteroatoms. The number of likely N-dealkylation sites (tertiary alicyclic amines) is 1. The summed E-state index contributed by atoms with van der Waals surface area (Å²) in [4.78, 5) is 53.3. The highest BCUT2D eigenvalue weighted by atomic mass is 79.9. The van der Waals surface area contributed by atoms with Crippen molar-refractivity contribution in [3.05, 3.63) is 58.6 Å². The Balaban J connectivity index is 1.41. The number of nitrogens with zero attached hydrogens (tertiary/aromatic N) is 6. The predicted octanol–water partition coefficient (Wildman–Crippen LogP) is 3.37. The van der Waals surface area contributed by atoms with Gasteiger partial charge in [-0.1, -0.05) is 17.9 Å². The first-order valence-electron chi connectivity index (χ1n) is 12.5. The first-order valence-corrected chi connectivity index (χ1v) is 13.3. The highest BCUT2D eigenvalue weighted by Gasteiger charge is 2.38. The molecule has 202 valence electrons. The zero-order valence-corrected chi connectivity index (χ0v) is 23.7. The first kappa shape index (κ1) is 27.4. The Bertz CT molecular complexity index is 1630. The molecule has 2 radical (unpaired) electrons. The molecule has 11 nitrogen and oxygen atoms in total. The number of amides is 2. The smallest absolute Gasteiger partial charge is 0.316 e. The molecule has 1 fully saturated rings. The molecule has 4 heterocycles. The van der Waals surface area contributed by atoms with E-state index < -0.39 is 6.04 Å². The van der Waals surface area contributed by atoms with Crippen LogP contribution in [0.4, 0.5) is 5.82 Å². The molecule has 0 spiro atoms. The van der Waals surface area contributed by atoms with E-state index in [9.17, 15) is 14.4 Å². The maximum atomic E-state index is 13.5. The van der Waals surface area contributed by atoms with Gasteiger partial charge in [0.2, 0.25) is 11.8 Å². The number of ether oxygens (including phenoxy) is 1. The fraction of sp³-hybridized carbons (Fsp3) is 0.296. The number of anilines is 1. The highest BCUT2D eigenvalue weighted by Crippen LogP contribution is 2.30. The molecule has 0 bridgehead atoms.